The first-order valence-corrected chi connectivity index (χ1v) is 10.4. The van der Waals surface area contributed by atoms with Gasteiger partial charge in [-0.2, -0.15) is 0 Å². The number of aryl methyl sites for hydroxylation is 1. The number of methoxy groups -OCH3 is 1. The highest BCUT2D eigenvalue weighted by Gasteiger charge is 2.45. The van der Waals surface area contributed by atoms with Crippen LogP contribution in [0.5, 0.6) is 11.5 Å². The average Bonchev–Trinajstić information content (AvgIpc) is 3.33. The van der Waals surface area contributed by atoms with E-state index in [-0.39, 0.29) is 11.6 Å². The van der Waals surface area contributed by atoms with Crippen LogP contribution in [0.2, 0.25) is 0 Å². The first kappa shape index (κ1) is 20.2. The molecule has 9 heteroatoms. The summed E-state index contributed by atoms with van der Waals surface area (Å²) in [6, 6.07) is 3.02. The quantitative estimate of drug-likeness (QED) is 0.581. The Morgan fingerprint density at radius 2 is 2.03 bits per heavy atom. The van der Waals surface area contributed by atoms with E-state index in [1.54, 1.807) is 0 Å². The van der Waals surface area contributed by atoms with Crippen molar-refractivity contribution in [1.82, 2.24) is 19.9 Å². The second-order valence-corrected chi connectivity index (χ2v) is 8.13. The summed E-state index contributed by atoms with van der Waals surface area (Å²) in [5.41, 5.74) is 2.85. The smallest absolute Gasteiger partial charge is 0.168 e. The zero-order valence-electron chi connectivity index (χ0n) is 17.4. The predicted molar refractivity (Wildman–Crippen MR) is 111 cm³/mol. The summed E-state index contributed by atoms with van der Waals surface area (Å²) in [5, 5.41) is 25.7. The van der Waals surface area contributed by atoms with Crippen LogP contribution in [0.1, 0.15) is 29.3 Å². The fourth-order valence-corrected chi connectivity index (χ4v) is 4.72. The standard InChI is InChI=1S/C22H25FN4O4/c1-11-12-4-6-27(22(12)26-10-25-11)15-7-18(21(29)20(15)28)31-16-8-17(30-2)19(23)13-3-5-24-9-14(13)16/h4,6,8,10,15,18,20-21,24,28-29H,3,5,7,9H2,1-2H3/t15-,18+,20+,21-/m1/s1. The topological polar surface area (TPSA) is 102 Å². The molecule has 0 bridgehead atoms. The van der Waals surface area contributed by atoms with Crippen molar-refractivity contribution >= 4 is 11.0 Å². The van der Waals surface area contributed by atoms with Crippen molar-refractivity contribution in [3.63, 3.8) is 0 Å². The van der Waals surface area contributed by atoms with E-state index in [2.05, 4.69) is 15.3 Å². The van der Waals surface area contributed by atoms with Gasteiger partial charge in [0.25, 0.3) is 0 Å². The van der Waals surface area contributed by atoms with Crippen molar-refractivity contribution in [2.45, 2.75) is 50.7 Å². The number of fused-ring (bicyclic) bond motifs is 2. The van der Waals surface area contributed by atoms with Crippen LogP contribution in [0, 0.1) is 12.7 Å². The number of aliphatic hydroxyl groups excluding tert-OH is 2. The first-order valence-electron chi connectivity index (χ1n) is 10.4. The number of hydrogen-bond acceptors (Lipinski definition) is 7. The average molecular weight is 428 g/mol. The minimum absolute atomic E-state index is 0.115. The minimum Gasteiger partial charge on any atom is -0.494 e. The van der Waals surface area contributed by atoms with Gasteiger partial charge in [0.2, 0.25) is 0 Å². The van der Waals surface area contributed by atoms with Gasteiger partial charge in [0.1, 0.15) is 36.0 Å². The fraction of sp³-hybridized carbons (Fsp3) is 0.455. The van der Waals surface area contributed by atoms with Gasteiger partial charge >= 0.3 is 0 Å². The van der Waals surface area contributed by atoms with E-state index in [1.165, 1.54) is 19.5 Å². The molecule has 1 saturated carbocycles. The Morgan fingerprint density at radius 1 is 1.19 bits per heavy atom. The van der Waals surface area contributed by atoms with Gasteiger partial charge in [-0.15, -0.1) is 0 Å². The van der Waals surface area contributed by atoms with E-state index in [4.69, 9.17) is 9.47 Å². The maximum atomic E-state index is 14.7. The van der Waals surface area contributed by atoms with Crippen molar-refractivity contribution in [3.05, 3.63) is 47.3 Å². The Bertz CT molecular complexity index is 1130. The fourth-order valence-electron chi connectivity index (χ4n) is 4.72. The van der Waals surface area contributed by atoms with Gasteiger partial charge < -0.3 is 29.6 Å². The Hall–Kier alpha value is -2.75. The number of rotatable bonds is 4. The molecule has 0 amide bonds. The van der Waals surface area contributed by atoms with Crippen LogP contribution in [-0.4, -0.2) is 56.7 Å². The van der Waals surface area contributed by atoms with Crippen LogP contribution >= 0.6 is 0 Å². The van der Waals surface area contributed by atoms with Gasteiger partial charge in [-0.05, 0) is 26.0 Å². The molecular formula is C22H25FN4O4. The SMILES string of the molecule is COc1cc(O[C@H]2C[C@@H](n3ccc4c(C)ncnc43)[C@H](O)[C@@H]2O)c2c(c1F)CCNC2. The summed E-state index contributed by atoms with van der Waals surface area (Å²) < 4.78 is 27.9. The van der Waals surface area contributed by atoms with Gasteiger partial charge in [-0.25, -0.2) is 14.4 Å². The lowest BCUT2D eigenvalue weighted by Crippen LogP contribution is -2.35. The van der Waals surface area contributed by atoms with Gasteiger partial charge in [0.05, 0.1) is 18.8 Å². The number of nitrogens with zero attached hydrogens (tertiary/aromatic N) is 3. The summed E-state index contributed by atoms with van der Waals surface area (Å²) in [6.07, 6.45) is 1.44. The molecule has 3 aromatic rings. The molecule has 2 aromatic heterocycles. The number of aromatic nitrogens is 3. The highest BCUT2D eigenvalue weighted by Crippen LogP contribution is 2.39. The van der Waals surface area contributed by atoms with Crippen LogP contribution in [0.25, 0.3) is 11.0 Å². The molecule has 0 radical (unpaired) electrons. The molecule has 5 rings (SSSR count). The number of aliphatic hydroxyl groups is 2. The molecule has 31 heavy (non-hydrogen) atoms. The monoisotopic (exact) mass is 428 g/mol. The number of benzene rings is 1. The highest BCUT2D eigenvalue weighted by atomic mass is 19.1. The Kier molecular flexibility index (Phi) is 5.04. The van der Waals surface area contributed by atoms with E-state index in [9.17, 15) is 14.6 Å². The van der Waals surface area contributed by atoms with Crippen molar-refractivity contribution < 1.29 is 24.1 Å². The molecule has 3 heterocycles. The summed E-state index contributed by atoms with van der Waals surface area (Å²) in [7, 11) is 1.42. The molecule has 0 saturated heterocycles. The van der Waals surface area contributed by atoms with E-state index in [1.807, 2.05) is 23.8 Å². The normalized spacial score (nSPS) is 25.6. The Morgan fingerprint density at radius 3 is 2.84 bits per heavy atom. The molecule has 0 unspecified atom stereocenters. The maximum absolute atomic E-state index is 14.7. The van der Waals surface area contributed by atoms with Crippen molar-refractivity contribution in [1.29, 1.82) is 0 Å². The predicted octanol–water partition coefficient (Wildman–Crippen LogP) is 1.65. The number of ether oxygens (including phenoxy) is 2. The van der Waals surface area contributed by atoms with Crippen LogP contribution < -0.4 is 14.8 Å². The molecular weight excluding hydrogens is 403 g/mol. The van der Waals surface area contributed by atoms with Gasteiger partial charge in [-0.1, -0.05) is 0 Å². The van der Waals surface area contributed by atoms with Crippen LogP contribution in [-0.2, 0) is 13.0 Å². The zero-order valence-corrected chi connectivity index (χ0v) is 17.4. The van der Waals surface area contributed by atoms with E-state index in [0.29, 0.717) is 42.9 Å². The molecule has 8 nitrogen and oxygen atoms in total. The third-order valence-electron chi connectivity index (χ3n) is 6.42. The molecule has 0 spiro atoms. The van der Waals surface area contributed by atoms with E-state index in [0.717, 1.165) is 16.6 Å². The van der Waals surface area contributed by atoms with Gasteiger partial charge in [-0.3, -0.25) is 0 Å². The second kappa shape index (κ2) is 7.74. The van der Waals surface area contributed by atoms with Crippen molar-refractivity contribution in [3.8, 4) is 11.5 Å². The van der Waals surface area contributed by atoms with Gasteiger partial charge in [0, 0.05) is 41.7 Å². The third-order valence-corrected chi connectivity index (χ3v) is 6.42. The zero-order chi connectivity index (χ0) is 21.7. The lowest BCUT2D eigenvalue weighted by atomic mass is 9.98. The first-order chi connectivity index (χ1) is 15.0. The lowest BCUT2D eigenvalue weighted by molar-refractivity contribution is -0.0167. The van der Waals surface area contributed by atoms with Crippen LogP contribution in [0.3, 0.4) is 0 Å². The third kappa shape index (κ3) is 3.24. The molecule has 2 aliphatic rings. The number of hydrogen-bond donors (Lipinski definition) is 3. The largest absolute Gasteiger partial charge is 0.494 e. The summed E-state index contributed by atoms with van der Waals surface area (Å²) in [6.45, 7) is 3.05. The molecule has 1 aliphatic carbocycles. The number of nitrogens with one attached hydrogen (secondary N) is 1. The van der Waals surface area contributed by atoms with Crippen molar-refractivity contribution in [2.75, 3.05) is 13.7 Å². The molecule has 1 aliphatic heterocycles. The maximum Gasteiger partial charge on any atom is 0.168 e. The van der Waals surface area contributed by atoms with E-state index >= 15 is 0 Å². The van der Waals surface area contributed by atoms with Crippen LogP contribution in [0.4, 0.5) is 4.39 Å². The summed E-state index contributed by atoms with van der Waals surface area (Å²) >= 11 is 0. The van der Waals surface area contributed by atoms with Crippen LogP contribution in [0.15, 0.2) is 24.7 Å². The molecule has 164 valence electrons. The highest BCUT2D eigenvalue weighted by molar-refractivity contribution is 5.78. The molecule has 1 aromatic carbocycles. The molecule has 4 atom stereocenters. The van der Waals surface area contributed by atoms with E-state index < -0.39 is 24.4 Å². The molecule has 3 N–H and O–H groups in total. The minimum atomic E-state index is -1.10. The van der Waals surface area contributed by atoms with Crippen molar-refractivity contribution in [2.24, 2.45) is 0 Å². The second-order valence-electron chi connectivity index (χ2n) is 8.13. The number of halogens is 1. The lowest BCUT2D eigenvalue weighted by Gasteiger charge is -2.25. The summed E-state index contributed by atoms with van der Waals surface area (Å²) in [5.74, 6) is 0.210. The van der Waals surface area contributed by atoms with Gasteiger partial charge in [0.15, 0.2) is 11.6 Å². The Labute approximate surface area is 178 Å². The Balaban J connectivity index is 1.47. The summed E-state index contributed by atoms with van der Waals surface area (Å²) in [4.78, 5) is 8.56. The molecule has 1 fully saturated rings.